The van der Waals surface area contributed by atoms with Crippen LogP contribution in [0.2, 0.25) is 0 Å². The number of nitrogens with one attached hydrogen (secondary N) is 1. The SMILES string of the molecule is CCC(CC)(CN)NC(=O)c1cccnc1.Cl.Cl. The maximum absolute atomic E-state index is 11.9. The number of carbonyl (C=O) groups is 1. The molecule has 0 aromatic carbocycles. The van der Waals surface area contributed by atoms with E-state index in [0.717, 1.165) is 12.8 Å². The van der Waals surface area contributed by atoms with Gasteiger partial charge in [-0.1, -0.05) is 13.8 Å². The van der Waals surface area contributed by atoms with E-state index in [-0.39, 0.29) is 36.3 Å². The molecule has 0 unspecified atom stereocenters. The topological polar surface area (TPSA) is 68.0 Å². The van der Waals surface area contributed by atoms with Crippen molar-refractivity contribution in [3.63, 3.8) is 0 Å². The van der Waals surface area contributed by atoms with E-state index in [0.29, 0.717) is 12.1 Å². The van der Waals surface area contributed by atoms with E-state index in [1.54, 1.807) is 24.5 Å². The first-order valence-electron chi connectivity index (χ1n) is 5.60. The van der Waals surface area contributed by atoms with Gasteiger partial charge in [0.15, 0.2) is 0 Å². The van der Waals surface area contributed by atoms with Gasteiger partial charge < -0.3 is 11.1 Å². The van der Waals surface area contributed by atoms with Crippen LogP contribution in [0.15, 0.2) is 24.5 Å². The molecule has 0 saturated carbocycles. The van der Waals surface area contributed by atoms with Gasteiger partial charge in [0.05, 0.1) is 11.1 Å². The summed E-state index contributed by atoms with van der Waals surface area (Å²) in [5.74, 6) is -0.109. The van der Waals surface area contributed by atoms with Crippen LogP contribution in [0, 0.1) is 0 Å². The highest BCUT2D eigenvalue weighted by Crippen LogP contribution is 2.14. The van der Waals surface area contributed by atoms with E-state index in [9.17, 15) is 4.79 Å². The second-order valence-electron chi connectivity index (χ2n) is 3.89. The number of nitrogens with two attached hydrogens (primary N) is 1. The maximum atomic E-state index is 11.9. The molecule has 6 heteroatoms. The second kappa shape index (κ2) is 9.14. The summed E-state index contributed by atoms with van der Waals surface area (Å²) in [4.78, 5) is 15.9. The number of amides is 1. The summed E-state index contributed by atoms with van der Waals surface area (Å²) in [6.45, 7) is 4.51. The molecule has 1 rings (SSSR count). The molecule has 0 saturated heterocycles. The smallest absolute Gasteiger partial charge is 0.253 e. The van der Waals surface area contributed by atoms with Crippen molar-refractivity contribution in [1.82, 2.24) is 10.3 Å². The zero-order valence-corrected chi connectivity index (χ0v) is 12.3. The fourth-order valence-corrected chi connectivity index (χ4v) is 1.58. The highest BCUT2D eigenvalue weighted by Gasteiger charge is 2.26. The Labute approximate surface area is 121 Å². The molecule has 0 spiro atoms. The summed E-state index contributed by atoms with van der Waals surface area (Å²) in [6, 6.07) is 3.49. The molecule has 0 fully saturated rings. The van der Waals surface area contributed by atoms with Crippen molar-refractivity contribution in [2.24, 2.45) is 5.73 Å². The van der Waals surface area contributed by atoms with Gasteiger partial charge in [-0.2, -0.15) is 0 Å². The van der Waals surface area contributed by atoms with Crippen LogP contribution in [-0.4, -0.2) is 23.0 Å². The van der Waals surface area contributed by atoms with Gasteiger partial charge >= 0.3 is 0 Å². The summed E-state index contributed by atoms with van der Waals surface area (Å²) in [6.07, 6.45) is 4.85. The Bertz CT molecular complexity index is 334. The van der Waals surface area contributed by atoms with Crippen LogP contribution in [0.25, 0.3) is 0 Å². The largest absolute Gasteiger partial charge is 0.345 e. The molecule has 1 aromatic heterocycles. The van der Waals surface area contributed by atoms with E-state index in [4.69, 9.17) is 5.73 Å². The molecular formula is C12H21Cl2N3O. The Balaban J connectivity index is 0. The van der Waals surface area contributed by atoms with Gasteiger partial charge in [0.25, 0.3) is 5.91 Å². The summed E-state index contributed by atoms with van der Waals surface area (Å²) < 4.78 is 0. The lowest BCUT2D eigenvalue weighted by atomic mass is 9.92. The van der Waals surface area contributed by atoms with Crippen molar-refractivity contribution >= 4 is 30.7 Å². The molecule has 104 valence electrons. The summed E-state index contributed by atoms with van der Waals surface area (Å²) in [5, 5.41) is 2.99. The van der Waals surface area contributed by atoms with Crippen molar-refractivity contribution in [2.45, 2.75) is 32.2 Å². The summed E-state index contributed by atoms with van der Waals surface area (Å²) in [7, 11) is 0. The van der Waals surface area contributed by atoms with Crippen molar-refractivity contribution < 1.29 is 4.79 Å². The van der Waals surface area contributed by atoms with Crippen molar-refractivity contribution in [2.75, 3.05) is 6.54 Å². The number of aromatic nitrogens is 1. The molecule has 0 radical (unpaired) electrons. The minimum atomic E-state index is -0.299. The lowest BCUT2D eigenvalue weighted by Crippen LogP contribution is -2.52. The summed E-state index contributed by atoms with van der Waals surface area (Å²) >= 11 is 0. The Hall–Kier alpha value is -0.840. The minimum Gasteiger partial charge on any atom is -0.345 e. The van der Waals surface area contributed by atoms with E-state index in [1.165, 1.54) is 0 Å². The van der Waals surface area contributed by atoms with Crippen molar-refractivity contribution in [3.05, 3.63) is 30.1 Å². The van der Waals surface area contributed by atoms with Crippen LogP contribution in [-0.2, 0) is 0 Å². The lowest BCUT2D eigenvalue weighted by molar-refractivity contribution is 0.0895. The number of hydrogen-bond donors (Lipinski definition) is 2. The first-order chi connectivity index (χ1) is 7.67. The van der Waals surface area contributed by atoms with Crippen LogP contribution < -0.4 is 11.1 Å². The van der Waals surface area contributed by atoms with Gasteiger partial charge in [-0.3, -0.25) is 9.78 Å². The van der Waals surface area contributed by atoms with Crippen molar-refractivity contribution in [1.29, 1.82) is 0 Å². The number of hydrogen-bond acceptors (Lipinski definition) is 3. The maximum Gasteiger partial charge on any atom is 0.253 e. The minimum absolute atomic E-state index is 0. The first kappa shape index (κ1) is 19.5. The lowest BCUT2D eigenvalue weighted by Gasteiger charge is -2.31. The monoisotopic (exact) mass is 293 g/mol. The molecular weight excluding hydrogens is 273 g/mol. The average molecular weight is 294 g/mol. The number of carbonyl (C=O) groups excluding carboxylic acids is 1. The number of pyridine rings is 1. The van der Waals surface area contributed by atoms with E-state index in [1.807, 2.05) is 13.8 Å². The van der Waals surface area contributed by atoms with Gasteiger partial charge in [-0.05, 0) is 25.0 Å². The molecule has 0 aliphatic carbocycles. The zero-order chi connectivity index (χ0) is 12.0. The number of rotatable bonds is 5. The van der Waals surface area contributed by atoms with Crippen LogP contribution in [0.1, 0.15) is 37.0 Å². The van der Waals surface area contributed by atoms with Crippen molar-refractivity contribution in [3.8, 4) is 0 Å². The highest BCUT2D eigenvalue weighted by molar-refractivity contribution is 5.94. The van der Waals surface area contributed by atoms with Gasteiger partial charge in [-0.15, -0.1) is 24.8 Å². The van der Waals surface area contributed by atoms with Gasteiger partial charge in [0.2, 0.25) is 0 Å². The highest BCUT2D eigenvalue weighted by atomic mass is 35.5. The first-order valence-corrected chi connectivity index (χ1v) is 5.60. The predicted molar refractivity (Wildman–Crippen MR) is 78.6 cm³/mol. The Morgan fingerprint density at radius 2 is 2.00 bits per heavy atom. The molecule has 3 N–H and O–H groups in total. The number of nitrogens with zero attached hydrogens (tertiary/aromatic N) is 1. The van der Waals surface area contributed by atoms with Gasteiger partial charge in [0.1, 0.15) is 0 Å². The van der Waals surface area contributed by atoms with Crippen LogP contribution in [0.4, 0.5) is 0 Å². The molecule has 0 bridgehead atoms. The molecule has 18 heavy (non-hydrogen) atoms. The molecule has 1 heterocycles. The number of halogens is 2. The van der Waals surface area contributed by atoms with E-state index < -0.39 is 0 Å². The Morgan fingerprint density at radius 1 is 1.39 bits per heavy atom. The molecule has 0 aliphatic rings. The molecule has 1 amide bonds. The second-order valence-corrected chi connectivity index (χ2v) is 3.89. The predicted octanol–water partition coefficient (Wildman–Crippen LogP) is 2.17. The van der Waals surface area contributed by atoms with Gasteiger partial charge in [-0.25, -0.2) is 0 Å². The van der Waals surface area contributed by atoms with E-state index in [2.05, 4.69) is 10.3 Å². The quantitative estimate of drug-likeness (QED) is 0.874. The normalized spacial score (nSPS) is 9.94. The third-order valence-electron chi connectivity index (χ3n) is 3.05. The fraction of sp³-hybridized carbons (Fsp3) is 0.500. The molecule has 1 aromatic rings. The molecule has 0 aliphatic heterocycles. The molecule has 0 atom stereocenters. The zero-order valence-electron chi connectivity index (χ0n) is 10.7. The summed E-state index contributed by atoms with van der Waals surface area (Å²) in [5.41, 5.74) is 6.00. The van der Waals surface area contributed by atoms with Gasteiger partial charge in [0, 0.05) is 18.9 Å². The van der Waals surface area contributed by atoms with Crippen LogP contribution in [0.3, 0.4) is 0 Å². The van der Waals surface area contributed by atoms with Crippen LogP contribution in [0.5, 0.6) is 0 Å². The van der Waals surface area contributed by atoms with Crippen LogP contribution >= 0.6 is 24.8 Å². The third-order valence-corrected chi connectivity index (χ3v) is 3.05. The van der Waals surface area contributed by atoms with E-state index >= 15 is 0 Å². The standard InChI is InChI=1S/C12H19N3O.2ClH/c1-3-12(4-2,9-13)15-11(16)10-6-5-7-14-8-10;;/h5-8H,3-4,9,13H2,1-2H3,(H,15,16);2*1H. The fourth-order valence-electron chi connectivity index (χ4n) is 1.58. The Kier molecular flexibility index (Phi) is 9.90. The average Bonchev–Trinajstić information content (AvgIpc) is 2.37. The molecule has 4 nitrogen and oxygen atoms in total. The third kappa shape index (κ3) is 4.80. The Morgan fingerprint density at radius 3 is 2.39 bits per heavy atom.